The second-order valence-corrected chi connectivity index (χ2v) is 9.13. The van der Waals surface area contributed by atoms with Gasteiger partial charge in [0.1, 0.15) is 0 Å². The molecular weight excluding hydrogens is 376 g/mol. The Hall–Kier alpha value is -1.48. The summed E-state index contributed by atoms with van der Waals surface area (Å²) in [6.45, 7) is 8.43. The van der Waals surface area contributed by atoms with Gasteiger partial charge in [0, 0.05) is 37.1 Å². The highest BCUT2D eigenvalue weighted by molar-refractivity contribution is 7.89. The van der Waals surface area contributed by atoms with Gasteiger partial charge in [-0.2, -0.15) is 4.31 Å². The Bertz CT molecular complexity index is 874. The Morgan fingerprint density at radius 2 is 1.88 bits per heavy atom. The molecule has 0 atom stereocenters. The second-order valence-electron chi connectivity index (χ2n) is 6.78. The molecule has 7 nitrogen and oxygen atoms in total. The van der Waals surface area contributed by atoms with Gasteiger partial charge in [0.15, 0.2) is 0 Å². The molecule has 2 heterocycles. The van der Waals surface area contributed by atoms with Crippen molar-refractivity contribution in [1.82, 2.24) is 19.4 Å². The third kappa shape index (κ3) is 4.09. The molecule has 1 aliphatic rings. The molecule has 26 heavy (non-hydrogen) atoms. The highest BCUT2D eigenvalue weighted by Crippen LogP contribution is 2.24. The number of piperazine rings is 1. The van der Waals surface area contributed by atoms with Crippen molar-refractivity contribution in [2.45, 2.75) is 38.1 Å². The third-order valence-electron chi connectivity index (χ3n) is 4.45. The van der Waals surface area contributed by atoms with E-state index < -0.39 is 10.0 Å². The van der Waals surface area contributed by atoms with Crippen molar-refractivity contribution >= 4 is 21.6 Å². The van der Waals surface area contributed by atoms with Crippen LogP contribution in [0.15, 0.2) is 27.5 Å². The highest BCUT2D eigenvalue weighted by atomic mass is 35.5. The van der Waals surface area contributed by atoms with Gasteiger partial charge >= 0.3 is 0 Å². The summed E-state index contributed by atoms with van der Waals surface area (Å²) in [4.78, 5) is 2.35. The van der Waals surface area contributed by atoms with Crippen LogP contribution in [0.3, 0.4) is 0 Å². The summed E-state index contributed by atoms with van der Waals surface area (Å²) in [6, 6.07) is 4.85. The van der Waals surface area contributed by atoms with Gasteiger partial charge in [-0.25, -0.2) is 8.42 Å². The van der Waals surface area contributed by atoms with E-state index in [0.29, 0.717) is 49.5 Å². The molecule has 2 aromatic rings. The largest absolute Gasteiger partial charge is 0.424 e. The van der Waals surface area contributed by atoms with Crippen molar-refractivity contribution in [3.63, 3.8) is 0 Å². The van der Waals surface area contributed by atoms with E-state index in [0.717, 1.165) is 5.56 Å². The maximum absolute atomic E-state index is 12.8. The first kappa shape index (κ1) is 19.3. The Balaban J connectivity index is 1.62. The summed E-state index contributed by atoms with van der Waals surface area (Å²) in [5.74, 6) is 1.38. The zero-order valence-corrected chi connectivity index (χ0v) is 16.7. The SMILES string of the molecule is Cc1ccc(S(=O)(=O)N2CCN(Cc3nnc(C(C)C)o3)CC2)cc1Cl. The molecule has 9 heteroatoms. The molecule has 0 radical (unpaired) electrons. The van der Waals surface area contributed by atoms with Gasteiger partial charge in [-0.05, 0) is 24.6 Å². The van der Waals surface area contributed by atoms with Crippen LogP contribution in [-0.2, 0) is 16.6 Å². The third-order valence-corrected chi connectivity index (χ3v) is 6.75. The number of halogens is 1. The Morgan fingerprint density at radius 1 is 1.19 bits per heavy atom. The summed E-state index contributed by atoms with van der Waals surface area (Å²) < 4.78 is 32.7. The first-order valence-electron chi connectivity index (χ1n) is 8.58. The van der Waals surface area contributed by atoms with E-state index in [1.807, 2.05) is 20.8 Å². The van der Waals surface area contributed by atoms with Gasteiger partial charge in [-0.15, -0.1) is 10.2 Å². The minimum atomic E-state index is -3.53. The number of sulfonamides is 1. The predicted molar refractivity (Wildman–Crippen MR) is 98.6 cm³/mol. The van der Waals surface area contributed by atoms with Crippen LogP contribution in [0.4, 0.5) is 0 Å². The Labute approximate surface area is 159 Å². The van der Waals surface area contributed by atoms with Crippen LogP contribution in [-0.4, -0.2) is 54.0 Å². The van der Waals surface area contributed by atoms with Crippen LogP contribution in [0.5, 0.6) is 0 Å². The van der Waals surface area contributed by atoms with Crippen molar-refractivity contribution in [3.05, 3.63) is 40.6 Å². The van der Waals surface area contributed by atoms with E-state index in [2.05, 4.69) is 15.1 Å². The van der Waals surface area contributed by atoms with E-state index in [4.69, 9.17) is 16.0 Å². The molecule has 142 valence electrons. The molecule has 0 aliphatic carbocycles. The number of benzene rings is 1. The van der Waals surface area contributed by atoms with Gasteiger partial charge in [0.25, 0.3) is 0 Å². The molecule has 3 rings (SSSR count). The number of aryl methyl sites for hydroxylation is 1. The van der Waals surface area contributed by atoms with Crippen molar-refractivity contribution < 1.29 is 12.8 Å². The fraction of sp³-hybridized carbons (Fsp3) is 0.529. The lowest BCUT2D eigenvalue weighted by Gasteiger charge is -2.33. The van der Waals surface area contributed by atoms with E-state index in [1.165, 1.54) is 10.4 Å². The average molecular weight is 399 g/mol. The van der Waals surface area contributed by atoms with E-state index in [1.54, 1.807) is 12.1 Å². The topological polar surface area (TPSA) is 79.5 Å². The number of rotatable bonds is 5. The molecule has 1 fully saturated rings. The number of hydrogen-bond acceptors (Lipinski definition) is 6. The summed E-state index contributed by atoms with van der Waals surface area (Å²) in [7, 11) is -3.53. The molecule has 0 unspecified atom stereocenters. The van der Waals surface area contributed by atoms with Crippen LogP contribution in [0.1, 0.15) is 37.1 Å². The van der Waals surface area contributed by atoms with Crippen LogP contribution in [0.2, 0.25) is 5.02 Å². The van der Waals surface area contributed by atoms with Crippen LogP contribution < -0.4 is 0 Å². The molecule has 0 spiro atoms. The maximum Gasteiger partial charge on any atom is 0.243 e. The summed E-state index contributed by atoms with van der Waals surface area (Å²) in [5.41, 5.74) is 0.857. The smallest absolute Gasteiger partial charge is 0.243 e. The standard InChI is InChI=1S/C17H23ClN4O3S/c1-12(2)17-20-19-16(25-17)11-21-6-8-22(9-7-21)26(23,24)14-5-4-13(3)15(18)10-14/h4-5,10,12H,6-9,11H2,1-3H3. The van der Waals surface area contributed by atoms with E-state index >= 15 is 0 Å². The molecule has 0 bridgehead atoms. The van der Waals surface area contributed by atoms with Gasteiger partial charge in [0.2, 0.25) is 21.8 Å². The minimum absolute atomic E-state index is 0.194. The predicted octanol–water partition coefficient (Wildman–Crippen LogP) is 2.66. The molecule has 1 aromatic heterocycles. The Kier molecular flexibility index (Phi) is 5.67. The zero-order chi connectivity index (χ0) is 18.9. The maximum atomic E-state index is 12.8. The monoisotopic (exact) mass is 398 g/mol. The molecule has 0 saturated carbocycles. The second kappa shape index (κ2) is 7.64. The molecular formula is C17H23ClN4O3S. The number of hydrogen-bond donors (Lipinski definition) is 0. The first-order valence-corrected chi connectivity index (χ1v) is 10.4. The van der Waals surface area contributed by atoms with Gasteiger partial charge < -0.3 is 4.42 Å². The average Bonchev–Trinajstić information content (AvgIpc) is 3.06. The van der Waals surface area contributed by atoms with E-state index in [-0.39, 0.29) is 10.8 Å². The molecule has 1 saturated heterocycles. The van der Waals surface area contributed by atoms with Gasteiger partial charge in [-0.1, -0.05) is 31.5 Å². The lowest BCUT2D eigenvalue weighted by Crippen LogP contribution is -2.48. The van der Waals surface area contributed by atoms with Crippen molar-refractivity contribution in [2.75, 3.05) is 26.2 Å². The van der Waals surface area contributed by atoms with E-state index in [9.17, 15) is 8.42 Å². The summed E-state index contributed by atoms with van der Waals surface area (Å²) >= 11 is 6.08. The van der Waals surface area contributed by atoms with Crippen LogP contribution in [0.25, 0.3) is 0 Å². The zero-order valence-electron chi connectivity index (χ0n) is 15.1. The fourth-order valence-electron chi connectivity index (χ4n) is 2.77. The number of aromatic nitrogens is 2. The molecule has 0 amide bonds. The lowest BCUT2D eigenvalue weighted by molar-refractivity contribution is 0.167. The first-order chi connectivity index (χ1) is 12.3. The van der Waals surface area contributed by atoms with Crippen LogP contribution in [0, 0.1) is 6.92 Å². The molecule has 0 N–H and O–H groups in total. The minimum Gasteiger partial charge on any atom is -0.424 e. The number of nitrogens with zero attached hydrogens (tertiary/aromatic N) is 4. The summed E-state index contributed by atoms with van der Waals surface area (Å²) in [6.07, 6.45) is 0. The quantitative estimate of drug-likeness (QED) is 0.770. The summed E-state index contributed by atoms with van der Waals surface area (Å²) in [5, 5.41) is 8.55. The Morgan fingerprint density at radius 3 is 2.46 bits per heavy atom. The van der Waals surface area contributed by atoms with Gasteiger partial charge in [-0.3, -0.25) is 4.90 Å². The normalized spacial score (nSPS) is 17.1. The van der Waals surface area contributed by atoms with Crippen molar-refractivity contribution in [3.8, 4) is 0 Å². The molecule has 1 aliphatic heterocycles. The highest BCUT2D eigenvalue weighted by Gasteiger charge is 2.29. The lowest BCUT2D eigenvalue weighted by atomic mass is 10.2. The van der Waals surface area contributed by atoms with Crippen molar-refractivity contribution in [2.24, 2.45) is 0 Å². The van der Waals surface area contributed by atoms with Gasteiger partial charge in [0.05, 0.1) is 11.4 Å². The van der Waals surface area contributed by atoms with Crippen LogP contribution >= 0.6 is 11.6 Å². The van der Waals surface area contributed by atoms with Crippen molar-refractivity contribution in [1.29, 1.82) is 0 Å². The molecule has 1 aromatic carbocycles. The fourth-order valence-corrected chi connectivity index (χ4v) is 4.46.